The van der Waals surface area contributed by atoms with E-state index >= 15 is 0 Å². The van der Waals surface area contributed by atoms with Gasteiger partial charge in [-0.1, -0.05) is 30.3 Å². The molecular formula is C11H18N2O2S. The summed E-state index contributed by atoms with van der Waals surface area (Å²) in [7, 11) is -3.19. The van der Waals surface area contributed by atoms with Crippen LogP contribution in [0.1, 0.15) is 24.4 Å². The average Bonchev–Trinajstić information content (AvgIpc) is 2.24. The minimum Gasteiger partial charge on any atom is -0.330 e. The molecule has 0 radical (unpaired) electrons. The summed E-state index contributed by atoms with van der Waals surface area (Å²) in [6.07, 6.45) is 2.68. The van der Waals surface area contributed by atoms with Crippen LogP contribution in [0.2, 0.25) is 0 Å². The highest BCUT2D eigenvalue weighted by molar-refractivity contribution is 7.88. The first-order chi connectivity index (χ1) is 7.53. The molecule has 0 amide bonds. The van der Waals surface area contributed by atoms with Gasteiger partial charge in [-0.2, -0.15) is 0 Å². The number of hydrogen-bond donors (Lipinski definition) is 2. The molecule has 0 saturated heterocycles. The lowest BCUT2D eigenvalue weighted by Gasteiger charge is -2.17. The van der Waals surface area contributed by atoms with E-state index in [9.17, 15) is 8.42 Å². The fraction of sp³-hybridized carbons (Fsp3) is 0.455. The van der Waals surface area contributed by atoms with E-state index in [-0.39, 0.29) is 6.04 Å². The molecule has 5 heteroatoms. The summed E-state index contributed by atoms with van der Waals surface area (Å²) in [5.74, 6) is 0. The summed E-state index contributed by atoms with van der Waals surface area (Å²) in [5, 5.41) is 0. The molecule has 1 aromatic carbocycles. The van der Waals surface area contributed by atoms with Gasteiger partial charge in [0.25, 0.3) is 0 Å². The minimum atomic E-state index is -3.19. The van der Waals surface area contributed by atoms with Gasteiger partial charge in [0, 0.05) is 6.04 Å². The van der Waals surface area contributed by atoms with E-state index in [2.05, 4.69) is 4.72 Å². The van der Waals surface area contributed by atoms with Crippen molar-refractivity contribution >= 4 is 10.0 Å². The maximum Gasteiger partial charge on any atom is 0.209 e. The highest BCUT2D eigenvalue weighted by atomic mass is 32.2. The Morgan fingerprint density at radius 3 is 2.44 bits per heavy atom. The summed E-state index contributed by atoms with van der Waals surface area (Å²) in [4.78, 5) is 0. The molecule has 0 aliphatic carbocycles. The zero-order valence-electron chi connectivity index (χ0n) is 9.39. The van der Waals surface area contributed by atoms with Gasteiger partial charge in [0.1, 0.15) is 0 Å². The van der Waals surface area contributed by atoms with Crippen molar-refractivity contribution in [3.8, 4) is 0 Å². The number of rotatable bonds is 6. The zero-order chi connectivity index (χ0) is 12.0. The van der Waals surface area contributed by atoms with Crippen LogP contribution >= 0.6 is 0 Å². The molecule has 0 aromatic heterocycles. The standard InChI is InChI=1S/C11H18N2O2S/c1-16(14,15)13-11(8-5-9-12)10-6-3-2-4-7-10/h2-4,6-7,11,13H,5,8-9,12H2,1H3. The topological polar surface area (TPSA) is 72.2 Å². The predicted octanol–water partition coefficient (Wildman–Crippen LogP) is 1.02. The van der Waals surface area contributed by atoms with Crippen LogP contribution in [0.4, 0.5) is 0 Å². The van der Waals surface area contributed by atoms with E-state index in [0.717, 1.165) is 12.0 Å². The molecule has 1 aromatic rings. The van der Waals surface area contributed by atoms with Crippen LogP contribution < -0.4 is 10.5 Å². The van der Waals surface area contributed by atoms with E-state index in [4.69, 9.17) is 5.73 Å². The molecule has 1 atom stereocenters. The van der Waals surface area contributed by atoms with Gasteiger partial charge in [-0.3, -0.25) is 0 Å². The second-order valence-corrected chi connectivity index (χ2v) is 5.56. The SMILES string of the molecule is CS(=O)(=O)NC(CCCN)c1ccccc1. The van der Waals surface area contributed by atoms with E-state index in [1.54, 1.807) is 0 Å². The van der Waals surface area contributed by atoms with Crippen LogP contribution in [0.3, 0.4) is 0 Å². The average molecular weight is 242 g/mol. The van der Waals surface area contributed by atoms with E-state index in [1.807, 2.05) is 30.3 Å². The monoisotopic (exact) mass is 242 g/mol. The summed E-state index contributed by atoms with van der Waals surface area (Å²) in [5.41, 5.74) is 6.41. The van der Waals surface area contributed by atoms with Crippen LogP contribution in [0, 0.1) is 0 Å². The summed E-state index contributed by atoms with van der Waals surface area (Å²) < 4.78 is 25.1. The molecule has 0 spiro atoms. The Morgan fingerprint density at radius 2 is 1.94 bits per heavy atom. The third kappa shape index (κ3) is 4.74. The third-order valence-electron chi connectivity index (χ3n) is 2.26. The fourth-order valence-corrected chi connectivity index (χ4v) is 2.33. The first-order valence-electron chi connectivity index (χ1n) is 5.25. The molecular weight excluding hydrogens is 224 g/mol. The molecule has 0 aliphatic heterocycles. The van der Waals surface area contributed by atoms with Crippen molar-refractivity contribution in [1.29, 1.82) is 0 Å². The van der Waals surface area contributed by atoms with Crippen molar-refractivity contribution in [2.45, 2.75) is 18.9 Å². The van der Waals surface area contributed by atoms with Crippen molar-refractivity contribution in [3.05, 3.63) is 35.9 Å². The van der Waals surface area contributed by atoms with Gasteiger partial charge in [-0.15, -0.1) is 0 Å². The summed E-state index contributed by atoms with van der Waals surface area (Å²) >= 11 is 0. The lowest BCUT2D eigenvalue weighted by molar-refractivity contribution is 0.534. The molecule has 0 fully saturated rings. The van der Waals surface area contributed by atoms with Gasteiger partial charge in [-0.25, -0.2) is 13.1 Å². The maximum atomic E-state index is 11.2. The van der Waals surface area contributed by atoms with Gasteiger partial charge in [0.15, 0.2) is 0 Å². The Balaban J connectivity index is 2.79. The van der Waals surface area contributed by atoms with Gasteiger partial charge in [0.2, 0.25) is 10.0 Å². The molecule has 1 rings (SSSR count). The van der Waals surface area contributed by atoms with Crippen molar-refractivity contribution in [3.63, 3.8) is 0 Å². The highest BCUT2D eigenvalue weighted by Gasteiger charge is 2.14. The van der Waals surface area contributed by atoms with Crippen LogP contribution in [0.25, 0.3) is 0 Å². The van der Waals surface area contributed by atoms with Crippen molar-refractivity contribution in [2.75, 3.05) is 12.8 Å². The molecule has 0 heterocycles. The van der Waals surface area contributed by atoms with Gasteiger partial charge in [-0.05, 0) is 24.9 Å². The smallest absolute Gasteiger partial charge is 0.209 e. The Morgan fingerprint density at radius 1 is 1.31 bits per heavy atom. The van der Waals surface area contributed by atoms with E-state index < -0.39 is 10.0 Å². The molecule has 90 valence electrons. The van der Waals surface area contributed by atoms with E-state index in [0.29, 0.717) is 13.0 Å². The lowest BCUT2D eigenvalue weighted by atomic mass is 10.0. The number of sulfonamides is 1. The maximum absolute atomic E-state index is 11.2. The Kier molecular flexibility index (Phi) is 4.92. The molecule has 0 bridgehead atoms. The summed E-state index contributed by atoms with van der Waals surface area (Å²) in [6, 6.07) is 9.35. The Labute approximate surface area is 96.9 Å². The minimum absolute atomic E-state index is 0.181. The highest BCUT2D eigenvalue weighted by Crippen LogP contribution is 2.18. The molecule has 3 N–H and O–H groups in total. The quantitative estimate of drug-likeness (QED) is 0.782. The normalized spacial score (nSPS) is 13.6. The lowest BCUT2D eigenvalue weighted by Crippen LogP contribution is -2.27. The van der Waals surface area contributed by atoms with Crippen LogP contribution in [0.15, 0.2) is 30.3 Å². The first kappa shape index (κ1) is 13.2. The summed E-state index contributed by atoms with van der Waals surface area (Å²) in [6.45, 7) is 0.564. The molecule has 1 unspecified atom stereocenters. The second-order valence-electron chi connectivity index (χ2n) is 3.78. The Bertz CT molecular complexity index is 403. The molecule has 0 saturated carbocycles. The molecule has 16 heavy (non-hydrogen) atoms. The van der Waals surface area contributed by atoms with Gasteiger partial charge >= 0.3 is 0 Å². The zero-order valence-corrected chi connectivity index (χ0v) is 10.2. The van der Waals surface area contributed by atoms with Gasteiger partial charge in [0.05, 0.1) is 6.26 Å². The van der Waals surface area contributed by atoms with Crippen LogP contribution in [-0.2, 0) is 10.0 Å². The Hall–Kier alpha value is -0.910. The molecule has 0 aliphatic rings. The number of nitrogens with two attached hydrogens (primary N) is 1. The van der Waals surface area contributed by atoms with Gasteiger partial charge < -0.3 is 5.73 Å². The van der Waals surface area contributed by atoms with Crippen molar-refractivity contribution in [2.24, 2.45) is 5.73 Å². The third-order valence-corrected chi connectivity index (χ3v) is 2.97. The van der Waals surface area contributed by atoms with Crippen LogP contribution in [-0.4, -0.2) is 21.2 Å². The second kappa shape index (κ2) is 5.98. The number of benzene rings is 1. The number of hydrogen-bond acceptors (Lipinski definition) is 3. The van der Waals surface area contributed by atoms with Crippen LogP contribution in [0.5, 0.6) is 0 Å². The predicted molar refractivity (Wildman–Crippen MR) is 65.5 cm³/mol. The number of nitrogens with one attached hydrogen (secondary N) is 1. The first-order valence-corrected chi connectivity index (χ1v) is 7.14. The largest absolute Gasteiger partial charge is 0.330 e. The molecule has 4 nitrogen and oxygen atoms in total. The van der Waals surface area contributed by atoms with Crippen molar-refractivity contribution < 1.29 is 8.42 Å². The fourth-order valence-electron chi connectivity index (χ4n) is 1.56. The van der Waals surface area contributed by atoms with E-state index in [1.165, 1.54) is 6.26 Å². The van der Waals surface area contributed by atoms with Crippen molar-refractivity contribution in [1.82, 2.24) is 4.72 Å².